The summed E-state index contributed by atoms with van der Waals surface area (Å²) >= 11 is 3.16. The van der Waals surface area contributed by atoms with Gasteiger partial charge < -0.3 is 15.0 Å². The van der Waals surface area contributed by atoms with Crippen molar-refractivity contribution in [3.05, 3.63) is 39.1 Å². The Kier molecular flexibility index (Phi) is 4.49. The van der Waals surface area contributed by atoms with Gasteiger partial charge in [-0.2, -0.15) is 0 Å². The second-order valence-corrected chi connectivity index (χ2v) is 7.83. The molecule has 1 aliphatic heterocycles. The molecular formula is C17H19N3O2S2. The topological polar surface area (TPSA) is 67.0 Å². The van der Waals surface area contributed by atoms with Crippen LogP contribution in [0, 0.1) is 0 Å². The highest BCUT2D eigenvalue weighted by atomic mass is 32.1. The van der Waals surface area contributed by atoms with Crippen LogP contribution in [0.3, 0.4) is 0 Å². The number of nitrogens with one attached hydrogen (secondary N) is 2. The van der Waals surface area contributed by atoms with Crippen LogP contribution < -0.4 is 10.9 Å². The molecule has 2 atom stereocenters. The second kappa shape index (κ2) is 6.76. The molecule has 3 aromatic rings. The number of hydrogen-bond donors (Lipinski definition) is 2. The van der Waals surface area contributed by atoms with E-state index in [-0.39, 0.29) is 17.7 Å². The fraction of sp³-hybridized carbons (Fsp3) is 0.412. The van der Waals surface area contributed by atoms with Crippen molar-refractivity contribution in [1.29, 1.82) is 0 Å². The number of fused-ring (bicyclic) bond motifs is 1. The smallest absolute Gasteiger partial charge is 0.260 e. The van der Waals surface area contributed by atoms with Gasteiger partial charge in [-0.25, -0.2) is 4.98 Å². The van der Waals surface area contributed by atoms with E-state index in [2.05, 4.69) is 15.3 Å². The fourth-order valence-corrected chi connectivity index (χ4v) is 4.76. The number of rotatable bonds is 5. The number of nitrogens with zero attached hydrogens (tertiary/aromatic N) is 1. The van der Waals surface area contributed by atoms with Gasteiger partial charge in [-0.1, -0.05) is 6.07 Å². The highest BCUT2D eigenvalue weighted by Crippen LogP contribution is 2.33. The zero-order chi connectivity index (χ0) is 16.5. The lowest BCUT2D eigenvalue weighted by Crippen LogP contribution is -2.30. The summed E-state index contributed by atoms with van der Waals surface area (Å²) in [5.74, 6) is 0.685. The van der Waals surface area contributed by atoms with E-state index in [1.54, 1.807) is 11.3 Å². The molecule has 0 unspecified atom stereocenters. The van der Waals surface area contributed by atoms with E-state index < -0.39 is 0 Å². The molecule has 0 radical (unpaired) electrons. The predicted octanol–water partition coefficient (Wildman–Crippen LogP) is 3.54. The standard InChI is InChI=1S/C17H19N3O2S2/c1-10(18-8-11-4-2-6-22-11)15-19-16(21)14-12(9-24-17(14)20-15)13-5-3-7-23-13/h3,5,7,9-11,18H,2,4,6,8H2,1H3,(H,19,20,21)/t10-,11-/m0/s1. The van der Waals surface area contributed by atoms with Crippen LogP contribution in [-0.2, 0) is 4.74 Å². The molecule has 24 heavy (non-hydrogen) atoms. The summed E-state index contributed by atoms with van der Waals surface area (Å²) in [7, 11) is 0. The van der Waals surface area contributed by atoms with E-state index in [1.165, 1.54) is 11.3 Å². The van der Waals surface area contributed by atoms with Gasteiger partial charge in [-0.15, -0.1) is 22.7 Å². The summed E-state index contributed by atoms with van der Waals surface area (Å²) in [5.41, 5.74) is 0.913. The van der Waals surface area contributed by atoms with Crippen molar-refractivity contribution >= 4 is 32.9 Å². The first-order valence-corrected chi connectivity index (χ1v) is 9.88. The minimum absolute atomic E-state index is 0.0152. The predicted molar refractivity (Wildman–Crippen MR) is 98.9 cm³/mol. The monoisotopic (exact) mass is 361 g/mol. The molecular weight excluding hydrogens is 342 g/mol. The van der Waals surface area contributed by atoms with E-state index in [0.717, 1.165) is 41.3 Å². The molecule has 4 rings (SSSR count). The maximum atomic E-state index is 12.6. The highest BCUT2D eigenvalue weighted by Gasteiger charge is 2.19. The zero-order valence-corrected chi connectivity index (χ0v) is 15.0. The Morgan fingerprint density at radius 1 is 1.50 bits per heavy atom. The Hall–Kier alpha value is -1.54. The minimum atomic E-state index is -0.0644. The summed E-state index contributed by atoms with van der Waals surface area (Å²) in [4.78, 5) is 22.1. The zero-order valence-electron chi connectivity index (χ0n) is 13.4. The van der Waals surface area contributed by atoms with Crippen molar-refractivity contribution in [2.24, 2.45) is 0 Å². The summed E-state index contributed by atoms with van der Waals surface area (Å²) in [6.07, 6.45) is 2.50. The third kappa shape index (κ3) is 3.04. The normalized spacial score (nSPS) is 19.1. The van der Waals surface area contributed by atoms with Gasteiger partial charge in [0, 0.05) is 29.0 Å². The van der Waals surface area contributed by atoms with Crippen LogP contribution in [-0.4, -0.2) is 29.2 Å². The van der Waals surface area contributed by atoms with Crippen LogP contribution in [0.25, 0.3) is 20.7 Å². The van der Waals surface area contributed by atoms with Gasteiger partial charge in [0.25, 0.3) is 5.56 Å². The lowest BCUT2D eigenvalue weighted by Gasteiger charge is -2.16. The third-order valence-corrected chi connectivity index (χ3v) is 6.11. The second-order valence-electron chi connectivity index (χ2n) is 6.02. The van der Waals surface area contributed by atoms with Gasteiger partial charge in [0.05, 0.1) is 17.5 Å². The molecule has 0 aliphatic carbocycles. The molecule has 4 heterocycles. The van der Waals surface area contributed by atoms with E-state index >= 15 is 0 Å². The molecule has 1 fully saturated rings. The Morgan fingerprint density at radius 3 is 3.17 bits per heavy atom. The van der Waals surface area contributed by atoms with Crippen molar-refractivity contribution in [3.63, 3.8) is 0 Å². The number of ether oxygens (including phenoxy) is 1. The van der Waals surface area contributed by atoms with Crippen molar-refractivity contribution in [2.45, 2.75) is 31.9 Å². The molecule has 3 aromatic heterocycles. The Morgan fingerprint density at radius 2 is 2.42 bits per heavy atom. The minimum Gasteiger partial charge on any atom is -0.377 e. The van der Waals surface area contributed by atoms with Gasteiger partial charge in [0.15, 0.2) is 0 Å². The van der Waals surface area contributed by atoms with Gasteiger partial charge in [0.2, 0.25) is 0 Å². The van der Waals surface area contributed by atoms with Crippen LogP contribution in [0.1, 0.15) is 31.6 Å². The van der Waals surface area contributed by atoms with E-state index in [1.807, 2.05) is 29.8 Å². The first-order chi connectivity index (χ1) is 11.7. The van der Waals surface area contributed by atoms with E-state index in [9.17, 15) is 4.79 Å². The van der Waals surface area contributed by atoms with Crippen LogP contribution in [0.15, 0.2) is 27.7 Å². The summed E-state index contributed by atoms with van der Waals surface area (Å²) < 4.78 is 5.63. The maximum absolute atomic E-state index is 12.6. The number of thiophene rings is 2. The van der Waals surface area contributed by atoms with Crippen molar-refractivity contribution in [2.75, 3.05) is 13.2 Å². The molecule has 0 bridgehead atoms. The van der Waals surface area contributed by atoms with Gasteiger partial charge >= 0.3 is 0 Å². The lowest BCUT2D eigenvalue weighted by molar-refractivity contribution is 0.107. The highest BCUT2D eigenvalue weighted by molar-refractivity contribution is 7.18. The SMILES string of the molecule is C[C@H](NC[C@@H]1CCCO1)c1nc2scc(-c3cccs3)c2c(=O)[nH]1. The molecule has 0 aromatic carbocycles. The third-order valence-electron chi connectivity index (χ3n) is 4.33. The summed E-state index contributed by atoms with van der Waals surface area (Å²) in [6.45, 7) is 3.66. The molecule has 7 heteroatoms. The fourth-order valence-electron chi connectivity index (χ4n) is 2.99. The average molecular weight is 361 g/mol. The molecule has 1 saturated heterocycles. The molecule has 2 N–H and O–H groups in total. The Labute approximate surface area is 147 Å². The average Bonchev–Trinajstić information content (AvgIpc) is 3.31. The first-order valence-electron chi connectivity index (χ1n) is 8.12. The number of H-pyrrole nitrogens is 1. The molecule has 0 amide bonds. The molecule has 5 nitrogen and oxygen atoms in total. The molecule has 1 aliphatic rings. The lowest BCUT2D eigenvalue weighted by atomic mass is 10.2. The van der Waals surface area contributed by atoms with Crippen molar-refractivity contribution in [3.8, 4) is 10.4 Å². The van der Waals surface area contributed by atoms with Crippen LogP contribution in [0.5, 0.6) is 0 Å². The molecule has 0 spiro atoms. The van der Waals surface area contributed by atoms with Crippen LogP contribution in [0.2, 0.25) is 0 Å². The molecule has 0 saturated carbocycles. The number of aromatic nitrogens is 2. The Balaban J connectivity index is 1.60. The Bertz CT molecular complexity index is 879. The van der Waals surface area contributed by atoms with E-state index in [0.29, 0.717) is 11.2 Å². The summed E-state index contributed by atoms with van der Waals surface area (Å²) in [6, 6.07) is 4.01. The first kappa shape index (κ1) is 16.0. The van der Waals surface area contributed by atoms with Gasteiger partial charge in [0.1, 0.15) is 10.7 Å². The molecule has 126 valence electrons. The van der Waals surface area contributed by atoms with Crippen molar-refractivity contribution in [1.82, 2.24) is 15.3 Å². The largest absolute Gasteiger partial charge is 0.377 e. The summed E-state index contributed by atoms with van der Waals surface area (Å²) in [5, 5.41) is 8.15. The van der Waals surface area contributed by atoms with E-state index in [4.69, 9.17) is 4.74 Å². The quantitative estimate of drug-likeness (QED) is 0.729. The number of hydrogen-bond acceptors (Lipinski definition) is 6. The van der Waals surface area contributed by atoms with Crippen LogP contribution in [0.4, 0.5) is 0 Å². The number of aromatic amines is 1. The van der Waals surface area contributed by atoms with Gasteiger partial charge in [-0.05, 0) is 31.2 Å². The van der Waals surface area contributed by atoms with Gasteiger partial charge in [-0.3, -0.25) is 4.79 Å². The maximum Gasteiger partial charge on any atom is 0.260 e. The van der Waals surface area contributed by atoms with Crippen LogP contribution >= 0.6 is 22.7 Å². The van der Waals surface area contributed by atoms with Crippen molar-refractivity contribution < 1.29 is 4.74 Å².